The predicted octanol–water partition coefficient (Wildman–Crippen LogP) is 4.75. The van der Waals surface area contributed by atoms with E-state index in [0.29, 0.717) is 24.3 Å². The summed E-state index contributed by atoms with van der Waals surface area (Å²) in [6.07, 6.45) is 4.75. The number of rotatable bonds is 5. The van der Waals surface area contributed by atoms with E-state index < -0.39 is 17.7 Å². The summed E-state index contributed by atoms with van der Waals surface area (Å²) in [5, 5.41) is 12.4. The molecule has 2 aromatic carbocycles. The zero-order chi connectivity index (χ0) is 24.1. The second-order valence-electron chi connectivity index (χ2n) is 9.07. The van der Waals surface area contributed by atoms with Crippen molar-refractivity contribution in [1.29, 1.82) is 0 Å². The van der Waals surface area contributed by atoms with Gasteiger partial charge >= 0.3 is 0 Å². The standard InChI is InChI=1S/C28H24N2O5/c1-16-13-19-14-17(8-9-22(19)35-16)26(31)24-25(23-7-4-12-34-23)30(28(33)27(24)32)11-10-18-15-29-21-6-3-2-5-20(18)21/h2-9,12,14-16,25,29,31H,10-11,13H2,1H3/b26-24-. The zero-order valence-electron chi connectivity index (χ0n) is 19.2. The Bertz CT molecular complexity index is 1480. The van der Waals surface area contributed by atoms with Gasteiger partial charge in [-0.15, -0.1) is 0 Å². The number of H-pyrrole nitrogens is 1. The fourth-order valence-corrected chi connectivity index (χ4v) is 5.16. The maximum absolute atomic E-state index is 13.2. The number of aliphatic hydroxyl groups is 1. The highest BCUT2D eigenvalue weighted by Gasteiger charge is 2.47. The number of benzene rings is 2. The van der Waals surface area contributed by atoms with Gasteiger partial charge in [0.25, 0.3) is 11.7 Å². The number of para-hydroxylation sites is 1. The van der Waals surface area contributed by atoms with Crippen LogP contribution in [0.2, 0.25) is 0 Å². The number of nitrogens with one attached hydrogen (secondary N) is 1. The summed E-state index contributed by atoms with van der Waals surface area (Å²) < 4.78 is 11.4. The summed E-state index contributed by atoms with van der Waals surface area (Å²) in [5.74, 6) is -0.362. The molecule has 2 unspecified atom stereocenters. The third-order valence-electron chi connectivity index (χ3n) is 6.82. The first kappa shape index (κ1) is 21.3. The van der Waals surface area contributed by atoms with E-state index in [9.17, 15) is 14.7 Å². The first-order valence-corrected chi connectivity index (χ1v) is 11.7. The summed E-state index contributed by atoms with van der Waals surface area (Å²) >= 11 is 0. The van der Waals surface area contributed by atoms with E-state index in [-0.39, 0.29) is 17.4 Å². The Morgan fingerprint density at radius 1 is 1.14 bits per heavy atom. The highest BCUT2D eigenvalue weighted by molar-refractivity contribution is 6.46. The third-order valence-corrected chi connectivity index (χ3v) is 6.82. The van der Waals surface area contributed by atoms with Gasteiger partial charge in [-0.2, -0.15) is 0 Å². The number of furan rings is 1. The number of Topliss-reactive ketones (excluding diaryl/α,β-unsaturated/α-hetero) is 1. The smallest absolute Gasteiger partial charge is 0.295 e. The normalized spacial score (nSPS) is 21.0. The van der Waals surface area contributed by atoms with Crippen LogP contribution in [-0.4, -0.2) is 39.3 Å². The van der Waals surface area contributed by atoms with Crippen molar-refractivity contribution in [3.05, 3.63) is 95.1 Å². The molecule has 2 aromatic heterocycles. The predicted molar refractivity (Wildman–Crippen MR) is 130 cm³/mol. The van der Waals surface area contributed by atoms with Gasteiger partial charge in [-0.05, 0) is 60.9 Å². The fraction of sp³-hybridized carbons (Fsp3) is 0.214. The van der Waals surface area contributed by atoms with E-state index in [1.165, 1.54) is 11.2 Å². The van der Waals surface area contributed by atoms with Gasteiger partial charge in [-0.3, -0.25) is 9.59 Å². The molecule has 35 heavy (non-hydrogen) atoms. The van der Waals surface area contributed by atoms with E-state index >= 15 is 0 Å². The number of carbonyl (C=O) groups is 2. The van der Waals surface area contributed by atoms with Crippen LogP contribution in [0.15, 0.2) is 77.0 Å². The lowest BCUT2D eigenvalue weighted by Gasteiger charge is -2.23. The molecule has 0 saturated carbocycles. The molecule has 0 aliphatic carbocycles. The Balaban J connectivity index is 1.38. The second-order valence-corrected chi connectivity index (χ2v) is 9.07. The first-order valence-electron chi connectivity index (χ1n) is 11.7. The molecule has 6 rings (SSSR count). The third kappa shape index (κ3) is 3.51. The van der Waals surface area contributed by atoms with Gasteiger partial charge in [0.2, 0.25) is 0 Å². The summed E-state index contributed by atoms with van der Waals surface area (Å²) in [6, 6.07) is 15.9. The number of ether oxygens (including phenoxy) is 1. The maximum atomic E-state index is 13.2. The minimum absolute atomic E-state index is 0.0378. The van der Waals surface area contributed by atoms with Gasteiger partial charge in [0, 0.05) is 35.6 Å². The number of likely N-dealkylation sites (tertiary alicyclic amines) is 1. The molecule has 2 N–H and O–H groups in total. The van der Waals surface area contributed by atoms with Crippen LogP contribution in [0.3, 0.4) is 0 Å². The molecular weight excluding hydrogens is 444 g/mol. The SMILES string of the molecule is CC1Cc2cc(/C(O)=C3/C(=O)C(=O)N(CCc4c[nH]c5ccccc45)C3c3ccco3)ccc2O1. The lowest BCUT2D eigenvalue weighted by molar-refractivity contribution is -0.140. The van der Waals surface area contributed by atoms with Gasteiger partial charge in [-0.1, -0.05) is 18.2 Å². The number of carbonyl (C=O) groups excluding carboxylic acids is 2. The molecule has 0 radical (unpaired) electrons. The van der Waals surface area contributed by atoms with Crippen molar-refractivity contribution in [3.63, 3.8) is 0 Å². The Morgan fingerprint density at radius 3 is 2.83 bits per heavy atom. The molecule has 7 heteroatoms. The van der Waals surface area contributed by atoms with E-state index in [4.69, 9.17) is 9.15 Å². The van der Waals surface area contributed by atoms with Crippen LogP contribution < -0.4 is 4.74 Å². The highest BCUT2D eigenvalue weighted by Crippen LogP contribution is 2.41. The Hall–Kier alpha value is -4.26. The van der Waals surface area contributed by atoms with Crippen molar-refractivity contribution < 1.29 is 23.8 Å². The van der Waals surface area contributed by atoms with Gasteiger partial charge in [-0.25, -0.2) is 0 Å². The lowest BCUT2D eigenvalue weighted by Crippen LogP contribution is -2.31. The summed E-state index contributed by atoms with van der Waals surface area (Å²) in [5.41, 5.74) is 3.54. The number of hydrogen-bond acceptors (Lipinski definition) is 5. The fourth-order valence-electron chi connectivity index (χ4n) is 5.16. The number of aromatic amines is 1. The van der Waals surface area contributed by atoms with Crippen molar-refractivity contribution >= 4 is 28.4 Å². The molecule has 2 aliphatic heterocycles. The molecule has 1 fully saturated rings. The Kier molecular flexibility index (Phi) is 4.99. The largest absolute Gasteiger partial charge is 0.507 e. The minimum Gasteiger partial charge on any atom is -0.507 e. The molecule has 1 amide bonds. The molecule has 2 atom stereocenters. The van der Waals surface area contributed by atoms with E-state index in [2.05, 4.69) is 4.98 Å². The molecule has 7 nitrogen and oxygen atoms in total. The maximum Gasteiger partial charge on any atom is 0.295 e. The van der Waals surface area contributed by atoms with E-state index in [0.717, 1.165) is 34.2 Å². The summed E-state index contributed by atoms with van der Waals surface area (Å²) in [6.45, 7) is 2.28. The first-order chi connectivity index (χ1) is 17.0. The van der Waals surface area contributed by atoms with Crippen LogP contribution in [0.5, 0.6) is 5.75 Å². The number of hydrogen-bond donors (Lipinski definition) is 2. The molecular formula is C28H24N2O5. The van der Waals surface area contributed by atoms with Crippen LogP contribution in [0.4, 0.5) is 0 Å². The van der Waals surface area contributed by atoms with Crippen LogP contribution in [0, 0.1) is 0 Å². The van der Waals surface area contributed by atoms with E-state index in [1.807, 2.05) is 43.5 Å². The van der Waals surface area contributed by atoms with Crippen molar-refractivity contribution in [3.8, 4) is 5.75 Å². The summed E-state index contributed by atoms with van der Waals surface area (Å²) in [7, 11) is 0. The number of aromatic nitrogens is 1. The molecule has 176 valence electrons. The second kappa shape index (κ2) is 8.20. The van der Waals surface area contributed by atoms with Gasteiger partial charge in [0.05, 0.1) is 11.8 Å². The Labute approximate surface area is 201 Å². The van der Waals surface area contributed by atoms with Crippen LogP contribution in [0.1, 0.15) is 35.4 Å². The van der Waals surface area contributed by atoms with Crippen LogP contribution >= 0.6 is 0 Å². The topological polar surface area (TPSA) is 95.8 Å². The highest BCUT2D eigenvalue weighted by atomic mass is 16.5. The molecule has 2 aliphatic rings. The molecule has 0 bridgehead atoms. The monoisotopic (exact) mass is 468 g/mol. The zero-order valence-corrected chi connectivity index (χ0v) is 19.2. The van der Waals surface area contributed by atoms with Crippen molar-refractivity contribution in [2.24, 2.45) is 0 Å². The van der Waals surface area contributed by atoms with Crippen LogP contribution in [0.25, 0.3) is 16.7 Å². The van der Waals surface area contributed by atoms with Crippen molar-refractivity contribution in [1.82, 2.24) is 9.88 Å². The van der Waals surface area contributed by atoms with Gasteiger partial charge < -0.3 is 24.1 Å². The molecule has 1 saturated heterocycles. The van der Waals surface area contributed by atoms with Crippen molar-refractivity contribution in [2.45, 2.75) is 31.9 Å². The molecule has 4 heterocycles. The average Bonchev–Trinajstić information content (AvgIpc) is 3.64. The van der Waals surface area contributed by atoms with Gasteiger partial charge in [0.15, 0.2) is 0 Å². The number of aliphatic hydroxyl groups excluding tert-OH is 1. The molecule has 4 aromatic rings. The quantitative estimate of drug-likeness (QED) is 0.250. The van der Waals surface area contributed by atoms with E-state index in [1.54, 1.807) is 24.3 Å². The average molecular weight is 469 g/mol. The summed E-state index contributed by atoms with van der Waals surface area (Å²) in [4.78, 5) is 31.1. The number of amides is 1. The number of ketones is 1. The Morgan fingerprint density at radius 2 is 2.00 bits per heavy atom. The molecule has 0 spiro atoms. The van der Waals surface area contributed by atoms with Crippen LogP contribution in [-0.2, 0) is 22.4 Å². The number of fused-ring (bicyclic) bond motifs is 2. The number of nitrogens with zero attached hydrogens (tertiary/aromatic N) is 1. The van der Waals surface area contributed by atoms with Crippen molar-refractivity contribution in [2.75, 3.05) is 6.54 Å². The lowest BCUT2D eigenvalue weighted by atomic mass is 9.97. The van der Waals surface area contributed by atoms with Gasteiger partial charge in [0.1, 0.15) is 29.4 Å². The minimum atomic E-state index is -0.807.